The Morgan fingerprint density at radius 3 is 2.21 bits per heavy atom. The van der Waals surface area contributed by atoms with E-state index in [1.165, 1.54) is 19.4 Å². The minimum Gasteiger partial charge on any atom is -0.748 e. The number of quaternary nitrogens is 1. The van der Waals surface area contributed by atoms with Gasteiger partial charge in [-0.15, -0.1) is 0 Å². The first kappa shape index (κ1) is 26.8. The molecule has 0 aliphatic rings. The van der Waals surface area contributed by atoms with Crippen molar-refractivity contribution in [3.05, 3.63) is 48.6 Å². The third kappa shape index (κ3) is 15.4. The predicted molar refractivity (Wildman–Crippen MR) is 113 cm³/mol. The van der Waals surface area contributed by atoms with Gasteiger partial charge in [-0.3, -0.25) is 9.59 Å². The topological polar surface area (TPSA) is 115 Å². The lowest BCUT2D eigenvalue weighted by atomic mass is 10.1. The molecular formula is C20H33N3O5S. The maximum Gasteiger partial charge on any atom is 0.243 e. The van der Waals surface area contributed by atoms with Crippen LogP contribution in [0, 0.1) is 0 Å². The van der Waals surface area contributed by atoms with Crippen LogP contribution < -0.4 is 10.6 Å². The SMILES string of the molecule is C=CC(=O)NC(C)(C)CS(=O)(=O)[O-].CC(=O)NCC[N+](C)(C)Cc1ccccc1. The van der Waals surface area contributed by atoms with Gasteiger partial charge in [0.15, 0.2) is 0 Å². The summed E-state index contributed by atoms with van der Waals surface area (Å²) in [6, 6.07) is 10.4. The van der Waals surface area contributed by atoms with Gasteiger partial charge in [-0.1, -0.05) is 36.9 Å². The molecule has 1 aromatic rings. The molecule has 1 aromatic carbocycles. The standard InChI is InChI=1S/C13H20N2O.C7H13NO4S/c1-12(16)14-9-10-15(2,3)11-13-7-5-4-6-8-13;1-4-6(9)8-7(2,3)5-13(10,11)12/h4-8H,9-11H2,1-3H3;4H,1,5H2,2-3H3,(H,8,9)(H,10,11,12). The number of nitrogens with zero attached hydrogens (tertiary/aromatic N) is 1. The van der Waals surface area contributed by atoms with Gasteiger partial charge >= 0.3 is 0 Å². The number of carbonyl (C=O) groups is 2. The summed E-state index contributed by atoms with van der Waals surface area (Å²) >= 11 is 0. The highest BCUT2D eigenvalue weighted by molar-refractivity contribution is 7.85. The van der Waals surface area contributed by atoms with E-state index in [1.54, 1.807) is 6.92 Å². The molecule has 0 spiro atoms. The molecular weight excluding hydrogens is 394 g/mol. The van der Waals surface area contributed by atoms with Crippen LogP contribution in [-0.2, 0) is 26.3 Å². The Morgan fingerprint density at radius 1 is 1.21 bits per heavy atom. The average molecular weight is 428 g/mol. The fourth-order valence-electron chi connectivity index (χ4n) is 2.55. The van der Waals surface area contributed by atoms with Crippen molar-refractivity contribution >= 4 is 21.9 Å². The lowest BCUT2D eigenvalue weighted by Crippen LogP contribution is -2.47. The molecule has 1 rings (SSSR count). The molecule has 8 nitrogen and oxygen atoms in total. The first-order chi connectivity index (χ1) is 13.2. The van der Waals surface area contributed by atoms with Crippen LogP contribution in [0.5, 0.6) is 0 Å². The molecule has 29 heavy (non-hydrogen) atoms. The van der Waals surface area contributed by atoms with Gasteiger partial charge in [0.25, 0.3) is 0 Å². The summed E-state index contributed by atoms with van der Waals surface area (Å²) in [5, 5.41) is 5.16. The van der Waals surface area contributed by atoms with Gasteiger partial charge in [0, 0.05) is 18.0 Å². The fourth-order valence-corrected chi connectivity index (χ4v) is 3.51. The summed E-state index contributed by atoms with van der Waals surface area (Å²) in [6.45, 7) is 10.3. The Hall–Kier alpha value is -2.23. The molecule has 2 amide bonds. The fraction of sp³-hybridized carbons (Fsp3) is 0.500. The van der Waals surface area contributed by atoms with Gasteiger partial charge in [0.1, 0.15) is 6.54 Å². The summed E-state index contributed by atoms with van der Waals surface area (Å²) in [5.74, 6) is -1.10. The molecule has 0 fully saturated rings. The monoisotopic (exact) mass is 427 g/mol. The molecule has 0 heterocycles. The number of amides is 2. The molecule has 9 heteroatoms. The van der Waals surface area contributed by atoms with E-state index >= 15 is 0 Å². The zero-order valence-corrected chi connectivity index (χ0v) is 18.7. The Kier molecular flexibility index (Phi) is 10.8. The van der Waals surface area contributed by atoms with Gasteiger partial charge in [-0.05, 0) is 19.9 Å². The van der Waals surface area contributed by atoms with Crippen LogP contribution >= 0.6 is 0 Å². The van der Waals surface area contributed by atoms with Crippen molar-refractivity contribution in [3.63, 3.8) is 0 Å². The van der Waals surface area contributed by atoms with Crippen molar-refractivity contribution < 1.29 is 27.0 Å². The maximum absolute atomic E-state index is 10.8. The highest BCUT2D eigenvalue weighted by Gasteiger charge is 2.22. The van der Waals surface area contributed by atoms with E-state index in [9.17, 15) is 22.6 Å². The van der Waals surface area contributed by atoms with Gasteiger partial charge in [0.2, 0.25) is 11.8 Å². The van der Waals surface area contributed by atoms with E-state index < -0.39 is 27.3 Å². The zero-order valence-electron chi connectivity index (χ0n) is 17.9. The Morgan fingerprint density at radius 2 is 1.76 bits per heavy atom. The minimum absolute atomic E-state index is 0.0414. The highest BCUT2D eigenvalue weighted by atomic mass is 32.2. The van der Waals surface area contributed by atoms with E-state index in [2.05, 4.69) is 55.6 Å². The Labute approximate surface area is 174 Å². The number of hydrogen-bond donors (Lipinski definition) is 2. The molecule has 0 aromatic heterocycles. The normalized spacial score (nSPS) is 11.7. The molecule has 0 aliphatic heterocycles. The largest absolute Gasteiger partial charge is 0.748 e. The quantitative estimate of drug-likeness (QED) is 0.347. The minimum atomic E-state index is -4.33. The third-order valence-electron chi connectivity index (χ3n) is 3.73. The lowest BCUT2D eigenvalue weighted by molar-refractivity contribution is -0.902. The third-order valence-corrected chi connectivity index (χ3v) is 4.80. The van der Waals surface area contributed by atoms with Crippen molar-refractivity contribution in [3.8, 4) is 0 Å². The predicted octanol–water partition coefficient (Wildman–Crippen LogP) is 1.01. The number of benzene rings is 1. The molecule has 0 bridgehead atoms. The second kappa shape index (κ2) is 11.7. The molecule has 0 radical (unpaired) electrons. The second-order valence-corrected chi connectivity index (χ2v) is 9.47. The van der Waals surface area contributed by atoms with Crippen molar-refractivity contribution in [2.24, 2.45) is 0 Å². The molecule has 0 aliphatic carbocycles. The summed E-state index contributed by atoms with van der Waals surface area (Å²) in [6.07, 6.45) is 1.01. The van der Waals surface area contributed by atoms with Gasteiger partial charge < -0.3 is 19.7 Å². The first-order valence-corrected chi connectivity index (χ1v) is 10.7. The van der Waals surface area contributed by atoms with E-state index in [-0.39, 0.29) is 5.91 Å². The molecule has 2 N–H and O–H groups in total. The molecule has 0 saturated carbocycles. The Bertz CT molecular complexity index is 775. The smallest absolute Gasteiger partial charge is 0.243 e. The van der Waals surface area contributed by atoms with Crippen LogP contribution in [0.3, 0.4) is 0 Å². The lowest BCUT2D eigenvalue weighted by Gasteiger charge is -2.29. The summed E-state index contributed by atoms with van der Waals surface area (Å²) in [5.41, 5.74) is 0.265. The summed E-state index contributed by atoms with van der Waals surface area (Å²) in [4.78, 5) is 21.6. The first-order valence-electron chi connectivity index (χ1n) is 9.14. The highest BCUT2D eigenvalue weighted by Crippen LogP contribution is 2.08. The average Bonchev–Trinajstić information content (AvgIpc) is 2.52. The van der Waals surface area contributed by atoms with Crippen molar-refractivity contribution in [1.29, 1.82) is 0 Å². The number of likely N-dealkylation sites (N-methyl/N-ethyl adjacent to an activating group) is 1. The van der Waals surface area contributed by atoms with Crippen molar-refractivity contribution in [2.75, 3.05) is 32.9 Å². The van der Waals surface area contributed by atoms with E-state index in [4.69, 9.17) is 0 Å². The number of carbonyl (C=O) groups excluding carboxylic acids is 2. The summed E-state index contributed by atoms with van der Waals surface area (Å²) in [7, 11) is 0.0162. The summed E-state index contributed by atoms with van der Waals surface area (Å²) < 4.78 is 32.0. The van der Waals surface area contributed by atoms with Gasteiger partial charge in [-0.2, -0.15) is 0 Å². The van der Waals surface area contributed by atoms with Gasteiger partial charge in [0.05, 0.1) is 43.1 Å². The molecule has 0 atom stereocenters. The van der Waals surface area contributed by atoms with Crippen molar-refractivity contribution in [1.82, 2.24) is 10.6 Å². The number of nitrogens with one attached hydrogen (secondary N) is 2. The van der Waals surface area contributed by atoms with E-state index in [1.807, 2.05) is 6.07 Å². The van der Waals surface area contributed by atoms with E-state index in [0.717, 1.165) is 30.2 Å². The van der Waals surface area contributed by atoms with Crippen LogP contribution in [0.15, 0.2) is 43.0 Å². The van der Waals surface area contributed by atoms with Crippen LogP contribution in [0.25, 0.3) is 0 Å². The van der Waals surface area contributed by atoms with Gasteiger partial charge in [-0.25, -0.2) is 8.42 Å². The number of hydrogen-bond acceptors (Lipinski definition) is 5. The maximum atomic E-state index is 10.8. The van der Waals surface area contributed by atoms with E-state index in [0.29, 0.717) is 0 Å². The molecule has 0 saturated heterocycles. The zero-order chi connectivity index (χ0) is 22.7. The second-order valence-electron chi connectivity index (χ2n) is 8.07. The van der Waals surface area contributed by atoms with Crippen molar-refractivity contribution in [2.45, 2.75) is 32.9 Å². The van der Waals surface area contributed by atoms with Crippen LogP contribution in [-0.4, -0.2) is 67.7 Å². The van der Waals surface area contributed by atoms with Crippen LogP contribution in [0.1, 0.15) is 26.3 Å². The number of rotatable bonds is 9. The van der Waals surface area contributed by atoms with Crippen LogP contribution in [0.4, 0.5) is 0 Å². The molecule has 164 valence electrons. The molecule has 0 unspecified atom stereocenters. The van der Waals surface area contributed by atoms with Crippen LogP contribution in [0.2, 0.25) is 0 Å². The Balaban J connectivity index is 0.000000555.